The van der Waals surface area contributed by atoms with E-state index < -0.39 is 22.4 Å². The number of Topliss-reactive ketones (excluding diaryl/α,β-unsaturated/α-hetero) is 1. The van der Waals surface area contributed by atoms with Crippen LogP contribution >= 0.6 is 0 Å². The molecule has 0 saturated carbocycles. The van der Waals surface area contributed by atoms with Crippen LogP contribution in [0, 0.1) is 6.92 Å². The summed E-state index contributed by atoms with van der Waals surface area (Å²) in [5, 5.41) is 0.766. The number of esters is 1. The molecule has 0 unspecified atom stereocenters. The van der Waals surface area contributed by atoms with E-state index in [0.717, 1.165) is 10.9 Å². The normalized spacial score (nSPS) is 11.4. The molecule has 1 aromatic heterocycles. The van der Waals surface area contributed by atoms with Crippen molar-refractivity contribution in [2.75, 3.05) is 12.4 Å². The number of aromatic nitrogens is 1. The molecule has 0 amide bonds. The van der Waals surface area contributed by atoms with Crippen LogP contribution in [-0.2, 0) is 19.4 Å². The second kappa shape index (κ2) is 7.75. The Hall–Kier alpha value is -2.93. The van der Waals surface area contributed by atoms with Crippen LogP contribution in [0.3, 0.4) is 0 Å². The van der Waals surface area contributed by atoms with Crippen molar-refractivity contribution in [1.29, 1.82) is 0 Å². The fourth-order valence-electron chi connectivity index (χ4n) is 2.89. The van der Waals surface area contributed by atoms with Gasteiger partial charge in [-0.15, -0.1) is 0 Å². The first-order chi connectivity index (χ1) is 12.9. The van der Waals surface area contributed by atoms with Gasteiger partial charge in [-0.05, 0) is 25.1 Å². The number of aromatic amines is 1. The molecule has 0 atom stereocenters. The molecule has 1 N–H and O–H groups in total. The fourth-order valence-corrected chi connectivity index (χ4v) is 4.13. The zero-order chi connectivity index (χ0) is 19.4. The van der Waals surface area contributed by atoms with Crippen molar-refractivity contribution in [3.8, 4) is 0 Å². The lowest BCUT2D eigenvalue weighted by Crippen LogP contribution is -2.18. The minimum absolute atomic E-state index is 0.156. The smallest absolute Gasteiger partial charge is 0.307 e. The summed E-state index contributed by atoms with van der Waals surface area (Å²) in [5.41, 5.74) is 2.01. The Morgan fingerprint density at radius 2 is 1.67 bits per heavy atom. The van der Waals surface area contributed by atoms with E-state index in [2.05, 4.69) is 4.98 Å². The van der Waals surface area contributed by atoms with E-state index in [4.69, 9.17) is 4.74 Å². The number of carbonyl (C=O) groups excluding carboxylic acids is 2. The number of para-hydroxylation sites is 1. The molecule has 0 bridgehead atoms. The molecule has 3 rings (SSSR count). The Morgan fingerprint density at radius 1 is 1.00 bits per heavy atom. The minimum Gasteiger partial charge on any atom is -0.457 e. The molecule has 1 heterocycles. The second-order valence-electron chi connectivity index (χ2n) is 6.14. The summed E-state index contributed by atoms with van der Waals surface area (Å²) in [7, 11) is -3.56. The van der Waals surface area contributed by atoms with Crippen LogP contribution in [0.15, 0.2) is 59.5 Å². The molecule has 27 heavy (non-hydrogen) atoms. The molecule has 3 aromatic rings. The van der Waals surface area contributed by atoms with E-state index in [9.17, 15) is 18.0 Å². The first-order valence-electron chi connectivity index (χ1n) is 8.42. The average Bonchev–Trinajstić information content (AvgIpc) is 3.01. The third kappa shape index (κ3) is 4.25. The number of aryl methyl sites for hydroxylation is 1. The van der Waals surface area contributed by atoms with Crippen molar-refractivity contribution in [2.45, 2.75) is 18.2 Å². The van der Waals surface area contributed by atoms with Gasteiger partial charge in [0.15, 0.2) is 16.4 Å². The second-order valence-corrected chi connectivity index (χ2v) is 8.25. The number of ketones is 1. The number of hydrogen-bond acceptors (Lipinski definition) is 5. The summed E-state index contributed by atoms with van der Waals surface area (Å²) in [6.07, 6.45) is -0.308. The highest BCUT2D eigenvalue weighted by atomic mass is 32.2. The van der Waals surface area contributed by atoms with Gasteiger partial charge >= 0.3 is 5.97 Å². The first-order valence-corrected chi connectivity index (χ1v) is 10.1. The van der Waals surface area contributed by atoms with E-state index >= 15 is 0 Å². The zero-order valence-corrected chi connectivity index (χ0v) is 15.6. The topological polar surface area (TPSA) is 93.3 Å². The Morgan fingerprint density at radius 3 is 2.41 bits per heavy atom. The first kappa shape index (κ1) is 18.8. The summed E-state index contributed by atoms with van der Waals surface area (Å²) in [6.45, 7) is 1.36. The highest BCUT2D eigenvalue weighted by Gasteiger charge is 2.20. The standard InChI is InChI=1S/C20H19NO5S/c1-14-20(16-9-5-6-10-17(16)21-14)18(22)13-26-19(23)11-12-27(24,25)15-7-3-2-4-8-15/h2-10,21H,11-13H2,1H3. The van der Waals surface area contributed by atoms with Gasteiger partial charge < -0.3 is 9.72 Å². The maximum Gasteiger partial charge on any atom is 0.307 e. The third-order valence-corrected chi connectivity index (χ3v) is 5.95. The molecule has 0 fully saturated rings. The largest absolute Gasteiger partial charge is 0.457 e. The molecule has 6 nitrogen and oxygen atoms in total. The molecular weight excluding hydrogens is 366 g/mol. The number of rotatable bonds is 7. The fraction of sp³-hybridized carbons (Fsp3) is 0.200. The lowest BCUT2D eigenvalue weighted by Gasteiger charge is -2.06. The predicted octanol–water partition coefficient (Wildman–Crippen LogP) is 3.07. The van der Waals surface area contributed by atoms with Crippen LogP contribution in [0.1, 0.15) is 22.5 Å². The Bertz CT molecular complexity index is 1080. The van der Waals surface area contributed by atoms with Gasteiger partial charge in [-0.25, -0.2) is 8.42 Å². The predicted molar refractivity (Wildman–Crippen MR) is 101 cm³/mol. The zero-order valence-electron chi connectivity index (χ0n) is 14.8. The maximum absolute atomic E-state index is 12.5. The SMILES string of the molecule is Cc1[nH]c2ccccc2c1C(=O)COC(=O)CCS(=O)(=O)c1ccccc1. The van der Waals surface area contributed by atoms with E-state index in [1.165, 1.54) is 12.1 Å². The maximum atomic E-state index is 12.5. The van der Waals surface area contributed by atoms with Crippen molar-refractivity contribution < 1.29 is 22.7 Å². The lowest BCUT2D eigenvalue weighted by molar-refractivity contribution is -0.142. The van der Waals surface area contributed by atoms with Gasteiger partial charge in [-0.1, -0.05) is 36.4 Å². The van der Waals surface area contributed by atoms with Gasteiger partial charge in [0.2, 0.25) is 5.78 Å². The Kier molecular flexibility index (Phi) is 5.41. The number of H-pyrrole nitrogens is 1. The molecule has 140 valence electrons. The van der Waals surface area contributed by atoms with Crippen molar-refractivity contribution in [3.05, 3.63) is 65.9 Å². The molecule has 2 aromatic carbocycles. The van der Waals surface area contributed by atoms with Gasteiger partial charge in [0, 0.05) is 22.2 Å². The van der Waals surface area contributed by atoms with Crippen LogP contribution in [0.4, 0.5) is 0 Å². The van der Waals surface area contributed by atoms with Crippen molar-refractivity contribution in [3.63, 3.8) is 0 Å². The van der Waals surface area contributed by atoms with Gasteiger partial charge in [-0.3, -0.25) is 9.59 Å². The third-order valence-electron chi connectivity index (χ3n) is 4.21. The van der Waals surface area contributed by atoms with Crippen LogP contribution in [-0.4, -0.2) is 37.5 Å². The van der Waals surface area contributed by atoms with Crippen LogP contribution < -0.4 is 0 Å². The van der Waals surface area contributed by atoms with Crippen LogP contribution in [0.5, 0.6) is 0 Å². The molecular formula is C20H19NO5S. The summed E-state index contributed by atoms with van der Waals surface area (Å²) in [6, 6.07) is 15.3. The monoisotopic (exact) mass is 385 g/mol. The quantitative estimate of drug-likeness (QED) is 0.498. The highest BCUT2D eigenvalue weighted by molar-refractivity contribution is 7.91. The van der Waals surface area contributed by atoms with Crippen molar-refractivity contribution in [2.24, 2.45) is 0 Å². The van der Waals surface area contributed by atoms with E-state index in [-0.39, 0.29) is 22.9 Å². The number of ether oxygens (including phenoxy) is 1. The summed E-state index contributed by atoms with van der Waals surface area (Å²) in [4.78, 5) is 27.6. The number of benzene rings is 2. The van der Waals surface area contributed by atoms with Gasteiger partial charge in [0.1, 0.15) is 0 Å². The van der Waals surface area contributed by atoms with Crippen LogP contribution in [0.2, 0.25) is 0 Å². The lowest BCUT2D eigenvalue weighted by atomic mass is 10.1. The molecule has 0 aliphatic rings. The molecule has 0 spiro atoms. The van der Waals surface area contributed by atoms with Gasteiger partial charge in [0.05, 0.1) is 17.1 Å². The van der Waals surface area contributed by atoms with Gasteiger partial charge in [-0.2, -0.15) is 0 Å². The molecule has 0 aliphatic heterocycles. The van der Waals surface area contributed by atoms with E-state index in [0.29, 0.717) is 11.3 Å². The van der Waals surface area contributed by atoms with Crippen LogP contribution in [0.25, 0.3) is 10.9 Å². The average molecular weight is 385 g/mol. The number of sulfone groups is 1. The summed E-state index contributed by atoms with van der Waals surface area (Å²) < 4.78 is 29.3. The molecule has 0 aliphatic carbocycles. The van der Waals surface area contributed by atoms with Crippen molar-refractivity contribution in [1.82, 2.24) is 4.98 Å². The van der Waals surface area contributed by atoms with Crippen molar-refractivity contribution >= 4 is 32.5 Å². The Balaban J connectivity index is 1.59. The summed E-state index contributed by atoms with van der Waals surface area (Å²) >= 11 is 0. The Labute approximate surface area is 157 Å². The molecule has 7 heteroatoms. The van der Waals surface area contributed by atoms with E-state index in [1.54, 1.807) is 25.1 Å². The molecule has 0 radical (unpaired) electrons. The minimum atomic E-state index is -3.56. The van der Waals surface area contributed by atoms with Gasteiger partial charge in [0.25, 0.3) is 0 Å². The number of carbonyl (C=O) groups is 2. The number of nitrogens with one attached hydrogen (secondary N) is 1. The highest BCUT2D eigenvalue weighted by Crippen LogP contribution is 2.22. The molecule has 0 saturated heterocycles. The number of fused-ring (bicyclic) bond motifs is 1. The summed E-state index contributed by atoms with van der Waals surface area (Å²) in [5.74, 6) is -1.42. The number of hydrogen-bond donors (Lipinski definition) is 1. The van der Waals surface area contributed by atoms with E-state index in [1.807, 2.05) is 24.3 Å².